The lowest BCUT2D eigenvalue weighted by molar-refractivity contribution is 0.104. The van der Waals surface area contributed by atoms with Gasteiger partial charge in [0.15, 0.2) is 5.78 Å². The second-order valence-electron chi connectivity index (χ2n) is 6.09. The highest BCUT2D eigenvalue weighted by Gasteiger charge is 2.13. The molecule has 0 aliphatic heterocycles. The molecule has 0 radical (unpaired) electrons. The van der Waals surface area contributed by atoms with Crippen molar-refractivity contribution < 1.29 is 13.9 Å². The summed E-state index contributed by atoms with van der Waals surface area (Å²) in [5, 5.41) is 2.69. The summed E-state index contributed by atoms with van der Waals surface area (Å²) >= 11 is 0. The number of hydrogen-bond donors (Lipinski definition) is 0. The van der Waals surface area contributed by atoms with Gasteiger partial charge in [0, 0.05) is 10.9 Å². The molecule has 0 aliphatic carbocycles. The van der Waals surface area contributed by atoms with E-state index in [4.69, 9.17) is 9.15 Å². The molecule has 4 heteroatoms. The van der Waals surface area contributed by atoms with Crippen LogP contribution in [0, 0.1) is 0 Å². The van der Waals surface area contributed by atoms with Gasteiger partial charge >= 0.3 is 5.63 Å². The van der Waals surface area contributed by atoms with Gasteiger partial charge in [0.1, 0.15) is 16.9 Å². The van der Waals surface area contributed by atoms with E-state index in [1.165, 1.54) is 6.08 Å². The Balaban J connectivity index is 1.79. The van der Waals surface area contributed by atoms with Crippen LogP contribution in [0.2, 0.25) is 0 Å². The normalized spacial score (nSPS) is 11.3. The molecule has 4 nitrogen and oxygen atoms in total. The summed E-state index contributed by atoms with van der Waals surface area (Å²) in [4.78, 5) is 24.9. The highest BCUT2D eigenvalue weighted by atomic mass is 16.5. The molecular weight excluding hydrogens is 340 g/mol. The number of benzene rings is 3. The van der Waals surface area contributed by atoms with Crippen molar-refractivity contribution in [2.24, 2.45) is 0 Å². The average molecular weight is 356 g/mol. The van der Waals surface area contributed by atoms with E-state index in [9.17, 15) is 9.59 Å². The molecule has 0 saturated carbocycles. The molecule has 4 aromatic rings. The van der Waals surface area contributed by atoms with Crippen LogP contribution >= 0.6 is 0 Å². The zero-order valence-electron chi connectivity index (χ0n) is 14.6. The smallest absolute Gasteiger partial charge is 0.347 e. The van der Waals surface area contributed by atoms with Crippen molar-refractivity contribution in [2.45, 2.75) is 0 Å². The van der Waals surface area contributed by atoms with E-state index in [2.05, 4.69) is 0 Å². The molecule has 132 valence electrons. The van der Waals surface area contributed by atoms with Crippen molar-refractivity contribution in [2.75, 3.05) is 7.11 Å². The molecule has 0 aliphatic rings. The van der Waals surface area contributed by atoms with Crippen molar-refractivity contribution in [3.05, 3.63) is 94.4 Å². The fourth-order valence-corrected chi connectivity index (χ4v) is 3.10. The Bertz CT molecular complexity index is 1250. The van der Waals surface area contributed by atoms with Gasteiger partial charge in [0.25, 0.3) is 0 Å². The summed E-state index contributed by atoms with van der Waals surface area (Å²) in [6, 6.07) is 20.4. The second kappa shape index (κ2) is 6.92. The molecule has 27 heavy (non-hydrogen) atoms. The van der Waals surface area contributed by atoms with Crippen LogP contribution in [0.1, 0.15) is 15.9 Å². The molecule has 3 aromatic carbocycles. The molecule has 1 heterocycles. The summed E-state index contributed by atoms with van der Waals surface area (Å²) in [6.07, 6.45) is 3.00. The Kier molecular flexibility index (Phi) is 4.30. The molecule has 0 N–H and O–H groups in total. The van der Waals surface area contributed by atoms with Crippen molar-refractivity contribution in [1.82, 2.24) is 0 Å². The maximum atomic E-state index is 12.6. The minimum Gasteiger partial charge on any atom is -0.496 e. The molecule has 0 amide bonds. The number of methoxy groups -OCH3 is 1. The third-order valence-corrected chi connectivity index (χ3v) is 4.46. The van der Waals surface area contributed by atoms with E-state index < -0.39 is 11.4 Å². The number of hydrogen-bond acceptors (Lipinski definition) is 4. The summed E-state index contributed by atoms with van der Waals surface area (Å²) in [5.41, 5.74) is 0.574. The SMILES string of the molecule is COc1ccccc1/C=C/C(=O)c1cc2c(ccc3ccccc32)oc1=O. The quantitative estimate of drug-likeness (QED) is 0.227. The van der Waals surface area contributed by atoms with Gasteiger partial charge in [-0.2, -0.15) is 0 Å². The Morgan fingerprint density at radius 3 is 2.59 bits per heavy atom. The van der Waals surface area contributed by atoms with Gasteiger partial charge in [-0.25, -0.2) is 4.79 Å². The molecule has 0 saturated heterocycles. The molecule has 0 unspecified atom stereocenters. The number of rotatable bonds is 4. The van der Waals surface area contributed by atoms with Crippen LogP contribution in [0.3, 0.4) is 0 Å². The highest BCUT2D eigenvalue weighted by molar-refractivity contribution is 6.11. The lowest BCUT2D eigenvalue weighted by atomic mass is 10.0. The Morgan fingerprint density at radius 2 is 1.74 bits per heavy atom. The highest BCUT2D eigenvalue weighted by Crippen LogP contribution is 2.25. The molecule has 1 aromatic heterocycles. The van der Waals surface area contributed by atoms with Gasteiger partial charge in [0.2, 0.25) is 0 Å². The van der Waals surface area contributed by atoms with E-state index in [0.717, 1.165) is 21.7 Å². The molecule has 0 bridgehead atoms. The number of para-hydroxylation sites is 1. The van der Waals surface area contributed by atoms with E-state index in [0.29, 0.717) is 11.3 Å². The fraction of sp³-hybridized carbons (Fsp3) is 0.0435. The van der Waals surface area contributed by atoms with Gasteiger partial charge < -0.3 is 9.15 Å². The fourth-order valence-electron chi connectivity index (χ4n) is 3.10. The maximum Gasteiger partial charge on any atom is 0.347 e. The number of fused-ring (bicyclic) bond motifs is 3. The monoisotopic (exact) mass is 356 g/mol. The number of allylic oxidation sites excluding steroid dienone is 1. The van der Waals surface area contributed by atoms with Gasteiger partial charge in [-0.3, -0.25) is 4.79 Å². The first-order valence-electron chi connectivity index (χ1n) is 8.48. The largest absolute Gasteiger partial charge is 0.496 e. The number of ketones is 1. The van der Waals surface area contributed by atoms with Crippen LogP contribution in [-0.4, -0.2) is 12.9 Å². The van der Waals surface area contributed by atoms with Crippen molar-refractivity contribution >= 4 is 33.6 Å². The Labute approximate surface area is 155 Å². The third kappa shape index (κ3) is 3.13. The van der Waals surface area contributed by atoms with Gasteiger partial charge in [0.05, 0.1) is 7.11 Å². The lowest BCUT2D eigenvalue weighted by Gasteiger charge is -2.04. The molecule has 0 atom stereocenters. The van der Waals surface area contributed by atoms with Crippen LogP contribution < -0.4 is 10.4 Å². The van der Waals surface area contributed by atoms with Crippen LogP contribution in [0.15, 0.2) is 82.0 Å². The Hall–Kier alpha value is -3.66. The first-order valence-corrected chi connectivity index (χ1v) is 8.48. The summed E-state index contributed by atoms with van der Waals surface area (Å²) in [7, 11) is 1.57. The molecule has 0 spiro atoms. The first kappa shape index (κ1) is 16.8. The number of ether oxygens (including phenoxy) is 1. The van der Waals surface area contributed by atoms with Gasteiger partial charge in [-0.05, 0) is 41.1 Å². The van der Waals surface area contributed by atoms with Crippen LogP contribution in [0.5, 0.6) is 5.75 Å². The standard InChI is InChI=1S/C23H16O4/c1-26-21-9-5-3-7-16(21)10-12-20(24)19-14-18-17-8-4-2-6-15(17)11-13-22(18)27-23(19)25/h2-14H,1H3/b12-10+. The second-order valence-corrected chi connectivity index (χ2v) is 6.09. The lowest BCUT2D eigenvalue weighted by Crippen LogP contribution is -2.12. The zero-order valence-corrected chi connectivity index (χ0v) is 14.6. The minimum absolute atomic E-state index is 0.00463. The van der Waals surface area contributed by atoms with E-state index in [-0.39, 0.29) is 5.56 Å². The summed E-state index contributed by atoms with van der Waals surface area (Å²) in [6.45, 7) is 0. The first-order chi connectivity index (χ1) is 13.2. The topological polar surface area (TPSA) is 56.5 Å². The third-order valence-electron chi connectivity index (χ3n) is 4.46. The number of carbonyl (C=O) groups is 1. The number of carbonyl (C=O) groups excluding carboxylic acids is 1. The predicted octanol–water partition coefficient (Wildman–Crippen LogP) is 4.85. The Morgan fingerprint density at radius 1 is 0.963 bits per heavy atom. The predicted molar refractivity (Wildman–Crippen MR) is 106 cm³/mol. The van der Waals surface area contributed by atoms with E-state index >= 15 is 0 Å². The average Bonchev–Trinajstić information content (AvgIpc) is 2.71. The zero-order chi connectivity index (χ0) is 18.8. The molecule has 0 fully saturated rings. The van der Waals surface area contributed by atoms with Gasteiger partial charge in [-0.15, -0.1) is 0 Å². The molecular formula is C23H16O4. The van der Waals surface area contributed by atoms with Crippen molar-refractivity contribution in [3.63, 3.8) is 0 Å². The van der Waals surface area contributed by atoms with E-state index in [1.807, 2.05) is 48.5 Å². The maximum absolute atomic E-state index is 12.6. The van der Waals surface area contributed by atoms with Crippen LogP contribution in [-0.2, 0) is 0 Å². The van der Waals surface area contributed by atoms with Crippen molar-refractivity contribution in [3.8, 4) is 5.75 Å². The summed E-state index contributed by atoms with van der Waals surface area (Å²) < 4.78 is 10.7. The molecule has 4 rings (SSSR count). The van der Waals surface area contributed by atoms with Gasteiger partial charge in [-0.1, -0.05) is 48.5 Å². The minimum atomic E-state index is -0.646. The van der Waals surface area contributed by atoms with Crippen LogP contribution in [0.4, 0.5) is 0 Å². The van der Waals surface area contributed by atoms with Crippen molar-refractivity contribution in [1.29, 1.82) is 0 Å². The summed E-state index contributed by atoms with van der Waals surface area (Å²) in [5.74, 6) is 0.239. The van der Waals surface area contributed by atoms with Crippen LogP contribution in [0.25, 0.3) is 27.8 Å². The van der Waals surface area contributed by atoms with E-state index in [1.54, 1.807) is 31.4 Å².